The fraction of sp³-hybridized carbons (Fsp3) is 0.432. The van der Waals surface area contributed by atoms with Gasteiger partial charge in [-0.15, -0.1) is 13.2 Å². The molecule has 3 amide bonds. The molecule has 220 valence electrons. The number of carbonyl (C=O) groups excluding carboxylic acids is 3. The van der Waals surface area contributed by atoms with Gasteiger partial charge in [0.2, 0.25) is 17.7 Å². The monoisotopic (exact) mass is 574 g/mol. The van der Waals surface area contributed by atoms with Crippen molar-refractivity contribution in [3.63, 3.8) is 0 Å². The van der Waals surface area contributed by atoms with Crippen molar-refractivity contribution in [1.29, 1.82) is 0 Å². The standard InChI is InChI=1S/C37H38N2O4/c1-3-5-22-16-24-18-28(22)32-30(24)34(40)38(36(32)42)26-11-7-20(8-12-26)15-21-9-13-27(14-10-21)39-35(41)31-25-17-23(6-4-2)29(19-25)33(31)37(39)43/h3-4,7-13,16-17,24-25,27-33,35,41H,1-2,5-6,14-15,18-19H2/t24?,25?,27?,28-,29?,30?,31?,32?,33?,35?/m0/s1. The average Bonchev–Trinajstić information content (AvgIpc) is 3.83. The highest BCUT2D eigenvalue weighted by Crippen LogP contribution is 2.58. The number of carbonyl (C=O) groups is 3. The Hall–Kier alpha value is -3.77. The number of amides is 3. The zero-order chi connectivity index (χ0) is 29.6. The van der Waals surface area contributed by atoms with Gasteiger partial charge in [-0.05, 0) is 85.5 Å². The van der Waals surface area contributed by atoms with E-state index in [4.69, 9.17) is 0 Å². The first-order valence-electron chi connectivity index (χ1n) is 15.9. The Morgan fingerprint density at radius 3 is 2.16 bits per heavy atom. The molecule has 1 aromatic carbocycles. The van der Waals surface area contributed by atoms with Crippen LogP contribution in [0.5, 0.6) is 0 Å². The van der Waals surface area contributed by atoms with Gasteiger partial charge in [0.1, 0.15) is 6.23 Å². The first-order chi connectivity index (χ1) is 20.9. The number of allylic oxidation sites excluding steroid dienone is 8. The number of hydrogen-bond donors (Lipinski definition) is 1. The molecule has 2 saturated heterocycles. The van der Waals surface area contributed by atoms with Gasteiger partial charge in [0.05, 0.1) is 29.5 Å². The molecule has 0 radical (unpaired) electrons. The Kier molecular flexibility index (Phi) is 6.16. The van der Waals surface area contributed by atoms with Crippen LogP contribution in [-0.2, 0) is 20.8 Å². The maximum absolute atomic E-state index is 13.5. The second kappa shape index (κ2) is 9.88. The van der Waals surface area contributed by atoms with Gasteiger partial charge in [-0.25, -0.2) is 0 Å². The van der Waals surface area contributed by atoms with E-state index in [2.05, 4.69) is 43.5 Å². The van der Waals surface area contributed by atoms with Crippen molar-refractivity contribution >= 4 is 23.4 Å². The summed E-state index contributed by atoms with van der Waals surface area (Å²) < 4.78 is 0. The number of aliphatic hydroxyl groups is 1. The number of likely N-dealkylation sites (tertiary alicyclic amines) is 1. The second-order valence-corrected chi connectivity index (χ2v) is 13.6. The number of hydrogen-bond acceptors (Lipinski definition) is 4. The molecule has 6 heteroatoms. The van der Waals surface area contributed by atoms with Gasteiger partial charge in [-0.1, -0.05) is 65.8 Å². The predicted molar refractivity (Wildman–Crippen MR) is 164 cm³/mol. The summed E-state index contributed by atoms with van der Waals surface area (Å²) >= 11 is 0. The van der Waals surface area contributed by atoms with E-state index in [0.29, 0.717) is 12.1 Å². The van der Waals surface area contributed by atoms with Crippen LogP contribution < -0.4 is 4.90 Å². The van der Waals surface area contributed by atoms with Crippen molar-refractivity contribution in [3.8, 4) is 0 Å². The molecule has 8 rings (SSSR count). The number of imide groups is 1. The fourth-order valence-electron chi connectivity index (χ4n) is 9.82. The molecule has 0 spiro atoms. The SMILES string of the molecule is C=CCC1=CC2CC1C1C(=O)N(C3C=CC(Cc4ccc(N5C(=O)C6C7C=C(CC=C)[C@H](C7)C6C5=O)cc4)=CC3)C(O)C21. The summed E-state index contributed by atoms with van der Waals surface area (Å²) in [5.41, 5.74) is 5.48. The topological polar surface area (TPSA) is 77.9 Å². The van der Waals surface area contributed by atoms with E-state index in [1.54, 1.807) is 4.90 Å². The zero-order valence-electron chi connectivity index (χ0n) is 24.3. The Labute approximate surface area is 252 Å². The third kappa shape index (κ3) is 3.85. The molecule has 1 N–H and O–H groups in total. The molecule has 10 atom stereocenters. The highest BCUT2D eigenvalue weighted by atomic mass is 16.3. The third-order valence-corrected chi connectivity index (χ3v) is 11.5. The van der Waals surface area contributed by atoms with Gasteiger partial charge < -0.3 is 10.0 Å². The van der Waals surface area contributed by atoms with Crippen LogP contribution in [0.4, 0.5) is 5.69 Å². The molecular weight excluding hydrogens is 536 g/mol. The Balaban J connectivity index is 0.912. The molecule has 4 fully saturated rings. The number of fused-ring (bicyclic) bond motifs is 10. The van der Waals surface area contributed by atoms with E-state index in [1.807, 2.05) is 36.4 Å². The molecule has 0 aromatic heterocycles. The lowest BCUT2D eigenvalue weighted by Crippen LogP contribution is -2.44. The van der Waals surface area contributed by atoms with Crippen LogP contribution in [0.15, 0.2) is 96.7 Å². The van der Waals surface area contributed by atoms with E-state index in [1.165, 1.54) is 16.0 Å². The molecular formula is C37H38N2O4. The highest BCUT2D eigenvalue weighted by Gasteiger charge is 2.62. The first-order valence-corrected chi connectivity index (χ1v) is 15.9. The summed E-state index contributed by atoms with van der Waals surface area (Å²) in [6, 6.07) is 7.65. The number of rotatable bonds is 8. The maximum atomic E-state index is 13.5. The van der Waals surface area contributed by atoms with Crippen LogP contribution in [0.3, 0.4) is 0 Å². The Bertz CT molecular complexity index is 1560. The first kappa shape index (κ1) is 26.8. The van der Waals surface area contributed by atoms with E-state index in [9.17, 15) is 19.5 Å². The number of aliphatic hydroxyl groups excluding tert-OH is 1. The van der Waals surface area contributed by atoms with Crippen LogP contribution in [-0.4, -0.2) is 40.0 Å². The van der Waals surface area contributed by atoms with Crippen LogP contribution in [0, 0.1) is 47.3 Å². The number of benzene rings is 1. The van der Waals surface area contributed by atoms with Crippen molar-refractivity contribution in [2.45, 2.75) is 50.8 Å². The zero-order valence-corrected chi connectivity index (χ0v) is 24.3. The predicted octanol–water partition coefficient (Wildman–Crippen LogP) is 5.29. The smallest absolute Gasteiger partial charge is 0.238 e. The number of anilines is 1. The van der Waals surface area contributed by atoms with Crippen LogP contribution in [0.2, 0.25) is 0 Å². The van der Waals surface area contributed by atoms with Crippen molar-refractivity contribution in [2.75, 3.05) is 4.90 Å². The minimum atomic E-state index is -0.735. The van der Waals surface area contributed by atoms with E-state index >= 15 is 0 Å². The van der Waals surface area contributed by atoms with E-state index in [-0.39, 0.29) is 71.1 Å². The quantitative estimate of drug-likeness (QED) is 0.338. The third-order valence-electron chi connectivity index (χ3n) is 11.5. The van der Waals surface area contributed by atoms with Crippen LogP contribution >= 0.6 is 0 Å². The van der Waals surface area contributed by atoms with Gasteiger partial charge in [0, 0.05) is 5.92 Å². The molecule has 7 aliphatic rings. The maximum Gasteiger partial charge on any atom is 0.238 e. The largest absolute Gasteiger partial charge is 0.373 e. The molecule has 6 nitrogen and oxygen atoms in total. The molecule has 2 saturated carbocycles. The van der Waals surface area contributed by atoms with Crippen molar-refractivity contribution in [3.05, 3.63) is 102 Å². The molecule has 5 aliphatic carbocycles. The lowest BCUT2D eigenvalue weighted by Gasteiger charge is -2.32. The molecule has 2 heterocycles. The lowest BCUT2D eigenvalue weighted by atomic mass is 9.80. The summed E-state index contributed by atoms with van der Waals surface area (Å²) in [6.45, 7) is 7.72. The molecule has 1 aromatic rings. The van der Waals surface area contributed by atoms with Crippen molar-refractivity contribution in [1.82, 2.24) is 4.90 Å². The van der Waals surface area contributed by atoms with Crippen molar-refractivity contribution in [2.24, 2.45) is 47.3 Å². The van der Waals surface area contributed by atoms with Crippen LogP contribution in [0.25, 0.3) is 0 Å². The van der Waals surface area contributed by atoms with E-state index in [0.717, 1.165) is 43.2 Å². The molecule has 4 bridgehead atoms. The van der Waals surface area contributed by atoms with Gasteiger partial charge in [0.15, 0.2) is 0 Å². The summed E-state index contributed by atoms with van der Waals surface area (Å²) in [5, 5.41) is 11.2. The van der Waals surface area contributed by atoms with Crippen molar-refractivity contribution < 1.29 is 19.5 Å². The summed E-state index contributed by atoms with van der Waals surface area (Å²) in [6.07, 6.45) is 18.8. The van der Waals surface area contributed by atoms with Crippen LogP contribution in [0.1, 0.15) is 37.7 Å². The fourth-order valence-corrected chi connectivity index (χ4v) is 9.82. The molecule has 9 unspecified atom stereocenters. The van der Waals surface area contributed by atoms with Gasteiger partial charge >= 0.3 is 0 Å². The second-order valence-electron chi connectivity index (χ2n) is 13.6. The van der Waals surface area contributed by atoms with Gasteiger partial charge in [-0.2, -0.15) is 0 Å². The summed E-state index contributed by atoms with van der Waals surface area (Å²) in [4.78, 5) is 43.5. The average molecular weight is 575 g/mol. The minimum absolute atomic E-state index is 0.00193. The lowest BCUT2D eigenvalue weighted by molar-refractivity contribution is -0.138. The Morgan fingerprint density at radius 2 is 1.49 bits per heavy atom. The highest BCUT2D eigenvalue weighted by molar-refractivity contribution is 6.22. The molecule has 2 aliphatic heterocycles. The van der Waals surface area contributed by atoms with Gasteiger partial charge in [-0.3, -0.25) is 19.3 Å². The number of nitrogens with zero attached hydrogens (tertiary/aromatic N) is 2. The van der Waals surface area contributed by atoms with Gasteiger partial charge in [0.25, 0.3) is 0 Å². The Morgan fingerprint density at radius 1 is 0.837 bits per heavy atom. The molecule has 43 heavy (non-hydrogen) atoms. The normalized spacial score (nSPS) is 38.4. The van der Waals surface area contributed by atoms with E-state index < -0.39 is 6.23 Å². The summed E-state index contributed by atoms with van der Waals surface area (Å²) in [5.74, 6) is 0.271. The minimum Gasteiger partial charge on any atom is -0.373 e. The summed E-state index contributed by atoms with van der Waals surface area (Å²) in [7, 11) is 0.